The molecule has 3 aromatic rings. The van der Waals surface area contributed by atoms with E-state index in [4.69, 9.17) is 4.42 Å². The lowest BCUT2D eigenvalue weighted by molar-refractivity contribution is -0.132. The fourth-order valence-electron chi connectivity index (χ4n) is 2.27. The van der Waals surface area contributed by atoms with E-state index in [2.05, 4.69) is 5.32 Å². The molecule has 1 heterocycles. The summed E-state index contributed by atoms with van der Waals surface area (Å²) >= 11 is 0. The molecule has 0 atom stereocenters. The number of nitrogens with one attached hydrogen (secondary N) is 1. The van der Waals surface area contributed by atoms with Gasteiger partial charge in [0.1, 0.15) is 17.2 Å². The van der Waals surface area contributed by atoms with Crippen molar-refractivity contribution in [3.8, 4) is 11.3 Å². The van der Waals surface area contributed by atoms with Crippen molar-refractivity contribution in [2.45, 2.75) is 0 Å². The van der Waals surface area contributed by atoms with Crippen molar-refractivity contribution in [2.75, 3.05) is 0 Å². The molecule has 3 rings (SSSR count). The second kappa shape index (κ2) is 7.31. The highest BCUT2D eigenvalue weighted by atomic mass is 16.4. The number of carboxylic acids is 1. The van der Waals surface area contributed by atoms with Gasteiger partial charge in [-0.05, 0) is 24.3 Å². The Labute approximate surface area is 144 Å². The molecule has 2 aromatic carbocycles. The number of aliphatic carboxylic acids is 1. The Hall–Kier alpha value is -3.60. The van der Waals surface area contributed by atoms with Crippen LogP contribution in [0.5, 0.6) is 0 Å². The number of hydrogen-bond donors (Lipinski definition) is 2. The molecule has 1 amide bonds. The quantitative estimate of drug-likeness (QED) is 0.696. The maximum atomic E-state index is 12.1. The summed E-state index contributed by atoms with van der Waals surface area (Å²) in [6, 6.07) is 21.3. The molecule has 0 unspecified atom stereocenters. The van der Waals surface area contributed by atoms with Crippen LogP contribution in [0.4, 0.5) is 0 Å². The van der Waals surface area contributed by atoms with Crippen LogP contribution >= 0.6 is 0 Å². The lowest BCUT2D eigenvalue weighted by Gasteiger charge is -2.05. The third-order valence-electron chi connectivity index (χ3n) is 3.49. The van der Waals surface area contributed by atoms with Gasteiger partial charge in [-0.2, -0.15) is 0 Å². The van der Waals surface area contributed by atoms with Crippen molar-refractivity contribution < 1.29 is 19.1 Å². The fourth-order valence-corrected chi connectivity index (χ4v) is 2.27. The molecule has 5 nitrogen and oxygen atoms in total. The molecule has 0 spiro atoms. The summed E-state index contributed by atoms with van der Waals surface area (Å²) in [4.78, 5) is 23.6. The van der Waals surface area contributed by atoms with E-state index in [0.29, 0.717) is 17.1 Å². The Morgan fingerprint density at radius 3 is 2.16 bits per heavy atom. The minimum atomic E-state index is -1.25. The first-order valence-corrected chi connectivity index (χ1v) is 7.60. The van der Waals surface area contributed by atoms with E-state index in [1.807, 2.05) is 30.3 Å². The van der Waals surface area contributed by atoms with Crippen molar-refractivity contribution in [2.24, 2.45) is 0 Å². The molecule has 124 valence electrons. The summed E-state index contributed by atoms with van der Waals surface area (Å²) in [5, 5.41) is 11.7. The Bertz CT molecular complexity index is 911. The van der Waals surface area contributed by atoms with E-state index in [1.54, 1.807) is 42.5 Å². The van der Waals surface area contributed by atoms with Crippen LogP contribution in [0.25, 0.3) is 17.4 Å². The summed E-state index contributed by atoms with van der Waals surface area (Å²) in [7, 11) is 0. The highest BCUT2D eigenvalue weighted by Gasteiger charge is 2.14. The molecule has 5 heteroatoms. The summed E-state index contributed by atoms with van der Waals surface area (Å²) < 4.78 is 5.65. The molecule has 0 aliphatic carbocycles. The minimum Gasteiger partial charge on any atom is -0.477 e. The Morgan fingerprint density at radius 2 is 1.52 bits per heavy atom. The lowest BCUT2D eigenvalue weighted by Crippen LogP contribution is -2.27. The van der Waals surface area contributed by atoms with Crippen LogP contribution in [0.3, 0.4) is 0 Å². The normalized spacial score (nSPS) is 11.1. The minimum absolute atomic E-state index is 0.261. The van der Waals surface area contributed by atoms with Crippen LogP contribution in [0, 0.1) is 0 Å². The van der Waals surface area contributed by atoms with Crippen molar-refractivity contribution in [1.82, 2.24) is 5.32 Å². The SMILES string of the molecule is O=C(O)/C(=C\c1ccc(-c2ccccc2)o1)NC(=O)c1ccccc1. The first-order valence-electron chi connectivity index (χ1n) is 7.60. The van der Waals surface area contributed by atoms with Gasteiger partial charge in [-0.1, -0.05) is 48.5 Å². The van der Waals surface area contributed by atoms with E-state index in [-0.39, 0.29) is 5.70 Å². The molecular formula is C20H15NO4. The largest absolute Gasteiger partial charge is 0.477 e. The standard InChI is InChI=1S/C20H15NO4/c22-19(15-9-5-2-6-10-15)21-17(20(23)24)13-16-11-12-18(25-16)14-7-3-1-4-8-14/h1-13H,(H,21,22)(H,23,24)/b17-13+. The molecule has 0 bridgehead atoms. The first-order chi connectivity index (χ1) is 12.1. The molecule has 0 saturated heterocycles. The Morgan fingerprint density at radius 1 is 0.880 bits per heavy atom. The van der Waals surface area contributed by atoms with Crippen molar-refractivity contribution in [3.63, 3.8) is 0 Å². The van der Waals surface area contributed by atoms with Gasteiger partial charge in [-0.15, -0.1) is 0 Å². The molecule has 1 aromatic heterocycles. The van der Waals surface area contributed by atoms with Gasteiger partial charge in [-0.3, -0.25) is 4.79 Å². The van der Waals surface area contributed by atoms with E-state index in [1.165, 1.54) is 6.08 Å². The van der Waals surface area contributed by atoms with E-state index < -0.39 is 11.9 Å². The zero-order valence-electron chi connectivity index (χ0n) is 13.2. The second-order valence-corrected chi connectivity index (χ2v) is 5.25. The maximum absolute atomic E-state index is 12.1. The first kappa shape index (κ1) is 16.3. The smallest absolute Gasteiger partial charge is 0.352 e. The van der Waals surface area contributed by atoms with Crippen molar-refractivity contribution in [3.05, 3.63) is 89.8 Å². The predicted octanol–water partition coefficient (Wildman–Crippen LogP) is 3.80. The molecule has 0 saturated carbocycles. The van der Waals surface area contributed by atoms with Gasteiger partial charge < -0.3 is 14.8 Å². The monoisotopic (exact) mass is 333 g/mol. The highest BCUT2D eigenvalue weighted by molar-refractivity contribution is 6.02. The van der Waals surface area contributed by atoms with Crippen LogP contribution in [0.1, 0.15) is 16.1 Å². The van der Waals surface area contributed by atoms with Crippen LogP contribution < -0.4 is 5.32 Å². The van der Waals surface area contributed by atoms with Crippen LogP contribution in [-0.4, -0.2) is 17.0 Å². The van der Waals surface area contributed by atoms with Gasteiger partial charge in [0.05, 0.1) is 0 Å². The molecule has 2 N–H and O–H groups in total. The summed E-state index contributed by atoms with van der Waals surface area (Å²) in [5.41, 5.74) is 0.995. The van der Waals surface area contributed by atoms with Gasteiger partial charge in [0, 0.05) is 17.2 Å². The molecule has 0 radical (unpaired) electrons. The number of hydrogen-bond acceptors (Lipinski definition) is 3. The van der Waals surface area contributed by atoms with Gasteiger partial charge in [0.15, 0.2) is 0 Å². The second-order valence-electron chi connectivity index (χ2n) is 5.25. The van der Waals surface area contributed by atoms with E-state index in [9.17, 15) is 14.7 Å². The van der Waals surface area contributed by atoms with Gasteiger partial charge in [0.2, 0.25) is 0 Å². The third-order valence-corrected chi connectivity index (χ3v) is 3.49. The number of rotatable bonds is 5. The van der Waals surface area contributed by atoms with Crippen molar-refractivity contribution >= 4 is 18.0 Å². The number of benzene rings is 2. The van der Waals surface area contributed by atoms with Crippen LogP contribution in [0.2, 0.25) is 0 Å². The van der Waals surface area contributed by atoms with E-state index >= 15 is 0 Å². The summed E-state index contributed by atoms with van der Waals surface area (Å²) in [6.45, 7) is 0. The number of amides is 1. The van der Waals surface area contributed by atoms with Crippen LogP contribution in [-0.2, 0) is 4.79 Å². The molecule has 0 aliphatic heterocycles. The fraction of sp³-hybridized carbons (Fsp3) is 0. The van der Waals surface area contributed by atoms with Gasteiger partial charge in [-0.25, -0.2) is 4.79 Å². The molecule has 0 fully saturated rings. The van der Waals surface area contributed by atoms with E-state index in [0.717, 1.165) is 5.56 Å². The topological polar surface area (TPSA) is 79.5 Å². The van der Waals surface area contributed by atoms with Gasteiger partial charge in [0.25, 0.3) is 5.91 Å². The average molecular weight is 333 g/mol. The number of carboxylic acid groups (broad SMARTS) is 1. The maximum Gasteiger partial charge on any atom is 0.352 e. The van der Waals surface area contributed by atoms with Crippen LogP contribution in [0.15, 0.2) is 82.9 Å². The Kier molecular flexibility index (Phi) is 4.76. The van der Waals surface area contributed by atoms with Gasteiger partial charge >= 0.3 is 5.97 Å². The predicted molar refractivity (Wildman–Crippen MR) is 93.7 cm³/mol. The number of furan rings is 1. The molecule has 0 aliphatic rings. The summed E-state index contributed by atoms with van der Waals surface area (Å²) in [5.74, 6) is -0.790. The highest BCUT2D eigenvalue weighted by Crippen LogP contribution is 2.22. The molecular weight excluding hydrogens is 318 g/mol. The average Bonchev–Trinajstić information content (AvgIpc) is 3.11. The number of carbonyl (C=O) groups is 2. The number of carbonyl (C=O) groups excluding carboxylic acids is 1. The lowest BCUT2D eigenvalue weighted by atomic mass is 10.2. The van der Waals surface area contributed by atoms with Crippen molar-refractivity contribution in [1.29, 1.82) is 0 Å². The molecule has 25 heavy (non-hydrogen) atoms. The zero-order valence-corrected chi connectivity index (χ0v) is 13.2. The Balaban J connectivity index is 1.82. The summed E-state index contributed by atoms with van der Waals surface area (Å²) in [6.07, 6.45) is 1.29. The zero-order chi connectivity index (χ0) is 17.6. The third kappa shape index (κ3) is 4.03.